The van der Waals surface area contributed by atoms with Crippen LogP contribution in [0.3, 0.4) is 0 Å². The Kier molecular flexibility index (Phi) is 3.28. The van der Waals surface area contributed by atoms with Gasteiger partial charge in [-0.1, -0.05) is 0 Å². The number of carbonyl (C=O) groups excluding carboxylic acids is 1. The third kappa shape index (κ3) is 2.25. The Hall–Kier alpha value is -1.42. The Morgan fingerprint density at radius 3 is 3.06 bits per heavy atom. The van der Waals surface area contributed by atoms with Gasteiger partial charge >= 0.3 is 0 Å². The monoisotopic (exact) mass is 245 g/mol. The average Bonchev–Trinajstić information content (AvgIpc) is 2.87. The fourth-order valence-electron chi connectivity index (χ4n) is 3.15. The van der Waals surface area contributed by atoms with E-state index < -0.39 is 0 Å². The van der Waals surface area contributed by atoms with Crippen LogP contribution in [0.2, 0.25) is 0 Å². The molecule has 1 aromatic heterocycles. The highest BCUT2D eigenvalue weighted by Crippen LogP contribution is 2.26. The molecule has 3 rings (SSSR count). The third-order valence-electron chi connectivity index (χ3n) is 4.10. The second kappa shape index (κ2) is 5.06. The lowest BCUT2D eigenvalue weighted by Gasteiger charge is -2.37. The number of fused-ring (bicyclic) bond motifs is 1. The molecule has 4 heteroatoms. The molecule has 0 bridgehead atoms. The van der Waals surface area contributed by atoms with Crippen molar-refractivity contribution < 1.29 is 4.79 Å². The van der Waals surface area contributed by atoms with Crippen LogP contribution in [0.25, 0.3) is 0 Å². The molecule has 2 atom stereocenters. The summed E-state index contributed by atoms with van der Waals surface area (Å²) in [5.41, 5.74) is 1.06. The number of amides is 1. The first kappa shape index (κ1) is 11.7. The topological polar surface area (TPSA) is 45.2 Å². The number of nitrogens with zero attached hydrogens (tertiary/aromatic N) is 2. The summed E-state index contributed by atoms with van der Waals surface area (Å²) in [5, 5.41) is 3.41. The van der Waals surface area contributed by atoms with Gasteiger partial charge in [0.15, 0.2) is 0 Å². The Labute approximate surface area is 107 Å². The molecule has 0 saturated carbocycles. The zero-order valence-corrected chi connectivity index (χ0v) is 10.5. The number of rotatable bonds is 2. The lowest BCUT2D eigenvalue weighted by Crippen LogP contribution is -2.48. The quantitative estimate of drug-likeness (QED) is 0.839. The van der Waals surface area contributed by atoms with Crippen molar-refractivity contribution in [3.63, 3.8) is 0 Å². The summed E-state index contributed by atoms with van der Waals surface area (Å²) < 4.78 is 0. The van der Waals surface area contributed by atoms with Crippen molar-refractivity contribution in [2.75, 3.05) is 19.6 Å². The summed E-state index contributed by atoms with van der Waals surface area (Å²) in [6.07, 6.45) is 6.41. The van der Waals surface area contributed by atoms with Gasteiger partial charge in [0.2, 0.25) is 5.91 Å². The van der Waals surface area contributed by atoms with Crippen LogP contribution in [-0.2, 0) is 11.2 Å². The van der Waals surface area contributed by atoms with Crippen LogP contribution in [0.1, 0.15) is 18.4 Å². The highest BCUT2D eigenvalue weighted by atomic mass is 16.2. The predicted molar refractivity (Wildman–Crippen MR) is 69.0 cm³/mol. The lowest BCUT2D eigenvalue weighted by atomic mass is 9.91. The van der Waals surface area contributed by atoms with Crippen LogP contribution in [0, 0.1) is 5.92 Å². The van der Waals surface area contributed by atoms with Gasteiger partial charge in [-0.2, -0.15) is 0 Å². The summed E-state index contributed by atoms with van der Waals surface area (Å²) >= 11 is 0. The minimum atomic E-state index is 0.264. The molecule has 2 aliphatic rings. The standard InChI is InChI=1S/C14H19N3O/c18-14(8-11-3-5-15-6-4-11)17-7-1-2-12-9-16-10-13(12)17/h3-6,12-13,16H,1-2,7-10H2. The summed E-state index contributed by atoms with van der Waals surface area (Å²) in [5.74, 6) is 0.930. The predicted octanol–water partition coefficient (Wildman–Crippen LogP) is 0.834. The van der Waals surface area contributed by atoms with Crippen LogP contribution in [0.15, 0.2) is 24.5 Å². The van der Waals surface area contributed by atoms with Gasteiger partial charge in [0.1, 0.15) is 0 Å². The van der Waals surface area contributed by atoms with E-state index in [0.717, 1.165) is 31.6 Å². The molecule has 0 aromatic carbocycles. The van der Waals surface area contributed by atoms with Crippen molar-refractivity contribution in [3.05, 3.63) is 30.1 Å². The van der Waals surface area contributed by atoms with Crippen molar-refractivity contribution in [2.24, 2.45) is 5.92 Å². The Balaban J connectivity index is 1.68. The molecule has 2 unspecified atom stereocenters. The van der Waals surface area contributed by atoms with Gasteiger partial charge in [0, 0.05) is 38.1 Å². The van der Waals surface area contributed by atoms with Gasteiger partial charge in [-0.25, -0.2) is 0 Å². The maximum absolute atomic E-state index is 12.4. The SMILES string of the molecule is O=C(Cc1ccncc1)N1CCCC2CNCC21. The van der Waals surface area contributed by atoms with Gasteiger partial charge in [-0.05, 0) is 36.5 Å². The molecule has 0 aliphatic carbocycles. The Morgan fingerprint density at radius 1 is 1.39 bits per heavy atom. The van der Waals surface area contributed by atoms with Crippen molar-refractivity contribution in [1.29, 1.82) is 0 Å². The van der Waals surface area contributed by atoms with E-state index in [1.165, 1.54) is 6.42 Å². The van der Waals surface area contributed by atoms with Crippen LogP contribution < -0.4 is 5.32 Å². The van der Waals surface area contributed by atoms with E-state index in [2.05, 4.69) is 15.2 Å². The first-order chi connectivity index (χ1) is 8.84. The fourth-order valence-corrected chi connectivity index (χ4v) is 3.15. The van der Waals surface area contributed by atoms with E-state index in [1.54, 1.807) is 12.4 Å². The molecule has 1 amide bonds. The lowest BCUT2D eigenvalue weighted by molar-refractivity contribution is -0.134. The molecule has 2 saturated heterocycles. The zero-order chi connectivity index (χ0) is 12.4. The van der Waals surface area contributed by atoms with Crippen LogP contribution in [-0.4, -0.2) is 41.5 Å². The third-order valence-corrected chi connectivity index (χ3v) is 4.10. The minimum absolute atomic E-state index is 0.264. The van der Waals surface area contributed by atoms with Gasteiger partial charge < -0.3 is 10.2 Å². The van der Waals surface area contributed by atoms with E-state index in [-0.39, 0.29) is 5.91 Å². The summed E-state index contributed by atoms with van der Waals surface area (Å²) in [6, 6.07) is 4.27. The first-order valence-electron chi connectivity index (χ1n) is 6.73. The zero-order valence-electron chi connectivity index (χ0n) is 10.5. The number of aromatic nitrogens is 1. The number of hydrogen-bond donors (Lipinski definition) is 1. The smallest absolute Gasteiger partial charge is 0.227 e. The van der Waals surface area contributed by atoms with Gasteiger partial charge in [-0.3, -0.25) is 9.78 Å². The van der Waals surface area contributed by atoms with E-state index in [4.69, 9.17) is 0 Å². The Bertz CT molecular complexity index is 420. The van der Waals surface area contributed by atoms with Gasteiger partial charge in [0.25, 0.3) is 0 Å². The summed E-state index contributed by atoms with van der Waals surface area (Å²) in [6.45, 7) is 2.96. The normalized spacial score (nSPS) is 27.0. The number of hydrogen-bond acceptors (Lipinski definition) is 3. The van der Waals surface area contributed by atoms with Crippen LogP contribution in [0.5, 0.6) is 0 Å². The first-order valence-corrected chi connectivity index (χ1v) is 6.73. The highest BCUT2D eigenvalue weighted by molar-refractivity contribution is 5.79. The van der Waals surface area contributed by atoms with Crippen molar-refractivity contribution in [2.45, 2.75) is 25.3 Å². The molecular formula is C14H19N3O. The maximum atomic E-state index is 12.4. The van der Waals surface area contributed by atoms with Crippen molar-refractivity contribution >= 4 is 5.91 Å². The molecule has 18 heavy (non-hydrogen) atoms. The fraction of sp³-hybridized carbons (Fsp3) is 0.571. The molecule has 2 fully saturated rings. The van der Waals surface area contributed by atoms with E-state index in [0.29, 0.717) is 18.4 Å². The molecule has 96 valence electrons. The number of piperidine rings is 1. The number of likely N-dealkylation sites (tertiary alicyclic amines) is 1. The summed E-state index contributed by atoms with van der Waals surface area (Å²) in [7, 11) is 0. The van der Waals surface area contributed by atoms with Crippen molar-refractivity contribution in [1.82, 2.24) is 15.2 Å². The summed E-state index contributed by atoms with van der Waals surface area (Å²) in [4.78, 5) is 18.5. The molecular weight excluding hydrogens is 226 g/mol. The Morgan fingerprint density at radius 2 is 2.22 bits per heavy atom. The van der Waals surface area contributed by atoms with Gasteiger partial charge in [-0.15, -0.1) is 0 Å². The molecule has 0 radical (unpaired) electrons. The van der Waals surface area contributed by atoms with Gasteiger partial charge in [0.05, 0.1) is 6.42 Å². The highest BCUT2D eigenvalue weighted by Gasteiger charge is 2.36. The number of nitrogens with one attached hydrogen (secondary N) is 1. The maximum Gasteiger partial charge on any atom is 0.227 e. The minimum Gasteiger partial charge on any atom is -0.338 e. The second-order valence-corrected chi connectivity index (χ2v) is 5.25. The molecule has 2 aliphatic heterocycles. The van der Waals surface area contributed by atoms with Crippen LogP contribution >= 0.6 is 0 Å². The largest absolute Gasteiger partial charge is 0.338 e. The molecule has 3 heterocycles. The second-order valence-electron chi connectivity index (χ2n) is 5.25. The number of carbonyl (C=O) groups is 1. The van der Waals surface area contributed by atoms with E-state index in [1.807, 2.05) is 12.1 Å². The molecule has 4 nitrogen and oxygen atoms in total. The van der Waals surface area contributed by atoms with E-state index >= 15 is 0 Å². The molecule has 0 spiro atoms. The molecule has 1 aromatic rings. The van der Waals surface area contributed by atoms with Crippen molar-refractivity contribution in [3.8, 4) is 0 Å². The molecule has 1 N–H and O–H groups in total. The van der Waals surface area contributed by atoms with Crippen LogP contribution in [0.4, 0.5) is 0 Å². The van der Waals surface area contributed by atoms with E-state index in [9.17, 15) is 4.79 Å². The average molecular weight is 245 g/mol. The number of pyridine rings is 1.